The van der Waals surface area contributed by atoms with Crippen LogP contribution < -0.4 is 15.9 Å². The van der Waals surface area contributed by atoms with Gasteiger partial charge in [0.2, 0.25) is 5.28 Å². The van der Waals surface area contributed by atoms with Crippen LogP contribution in [-0.4, -0.2) is 47.8 Å². The summed E-state index contributed by atoms with van der Waals surface area (Å²) in [5.41, 5.74) is 0.666. The van der Waals surface area contributed by atoms with Crippen molar-refractivity contribution in [2.45, 2.75) is 24.3 Å². The minimum absolute atomic E-state index is 0.0793. The third-order valence-corrected chi connectivity index (χ3v) is 5.18. The van der Waals surface area contributed by atoms with Gasteiger partial charge in [-0.15, -0.1) is 0 Å². The molecular formula is C13H17N4O7PS. The number of hydrogen-bond acceptors (Lipinski definition) is 7. The second-order valence-corrected chi connectivity index (χ2v) is 7.55. The molecule has 13 heteroatoms. The molecule has 1 saturated heterocycles. The highest BCUT2D eigenvalue weighted by Gasteiger charge is 2.54. The summed E-state index contributed by atoms with van der Waals surface area (Å²) in [6, 6.07) is 7.25. The number of alkyl carbamates (subject to hydrolysis) is 1. The number of benzene rings is 1. The lowest BCUT2D eigenvalue weighted by atomic mass is 9.99. The largest absolute Gasteiger partial charge is 0.445 e. The van der Waals surface area contributed by atoms with Crippen LogP contribution in [0.25, 0.3) is 0 Å². The lowest BCUT2D eigenvalue weighted by molar-refractivity contribution is -0.138. The molecule has 2 atom stereocenters. The normalized spacial score (nSPS) is 23.7. The molecule has 0 saturated carbocycles. The summed E-state index contributed by atoms with van der Waals surface area (Å²) in [6.45, 7) is -0.209. The van der Waals surface area contributed by atoms with Crippen molar-refractivity contribution < 1.29 is 31.9 Å². The minimum atomic E-state index is -4.73. The zero-order valence-electron chi connectivity index (χ0n) is 13.4. The van der Waals surface area contributed by atoms with Crippen LogP contribution in [0, 0.1) is 0 Å². The Hall–Kier alpha value is -2.11. The zero-order chi connectivity index (χ0) is 19.4. The molecule has 1 heterocycles. The Morgan fingerprint density at radius 3 is 2.65 bits per heavy atom. The van der Waals surface area contributed by atoms with Gasteiger partial charge in [-0.3, -0.25) is 24.2 Å². The number of rotatable bonds is 6. The lowest BCUT2D eigenvalue weighted by Crippen LogP contribution is -2.71. The van der Waals surface area contributed by atoms with Gasteiger partial charge in [-0.1, -0.05) is 30.3 Å². The van der Waals surface area contributed by atoms with Crippen molar-refractivity contribution in [1.29, 1.82) is 0 Å². The van der Waals surface area contributed by atoms with Crippen LogP contribution in [0.1, 0.15) is 12.0 Å². The van der Waals surface area contributed by atoms with Crippen LogP contribution in [0.5, 0.6) is 0 Å². The molecule has 0 radical (unpaired) electrons. The molecule has 1 aliphatic rings. The van der Waals surface area contributed by atoms with E-state index >= 15 is 0 Å². The highest BCUT2D eigenvalue weighted by atomic mass is 32.2. The standard InChI is InChI=1S/C13H17N4O7PS/c14-17-7-6-10(16-26(21,22)23)13(25-20,11(17)18)15-12(19)24-8-9-4-2-1-3-5-9/h1-5,10,16H,6-8,14H2,(H,15,19)(H,21,22,23)/t10-,13+/m0/s1. The van der Waals surface area contributed by atoms with Crippen LogP contribution in [0.2, 0.25) is 0 Å². The Morgan fingerprint density at radius 2 is 2.08 bits per heavy atom. The highest BCUT2D eigenvalue weighted by molar-refractivity contribution is 7.83. The maximum Gasteiger partial charge on any atom is 0.408 e. The maximum atomic E-state index is 12.4. The number of piperidine rings is 1. The van der Waals surface area contributed by atoms with E-state index < -0.39 is 42.1 Å². The van der Waals surface area contributed by atoms with E-state index in [0.717, 1.165) is 0 Å². The molecule has 1 aromatic rings. The number of amides is 2. The number of nitrogens with zero attached hydrogens (tertiary/aromatic N) is 1. The number of hydrazine groups is 1. The van der Waals surface area contributed by atoms with Gasteiger partial charge in [0.05, 0.1) is 6.04 Å². The molecule has 2 rings (SSSR count). The Kier molecular flexibility index (Phi) is 6.26. The average Bonchev–Trinajstić information content (AvgIpc) is 2.59. The van der Waals surface area contributed by atoms with E-state index in [1.54, 1.807) is 35.1 Å². The predicted octanol–water partition coefficient (Wildman–Crippen LogP) is -0.232. The fourth-order valence-electron chi connectivity index (χ4n) is 2.45. The molecule has 1 aliphatic heterocycles. The Morgan fingerprint density at radius 1 is 1.42 bits per heavy atom. The van der Waals surface area contributed by atoms with Crippen molar-refractivity contribution in [3.63, 3.8) is 0 Å². The van der Waals surface area contributed by atoms with Crippen molar-refractivity contribution in [3.8, 4) is 0 Å². The monoisotopic (exact) mass is 404 g/mol. The SMILES string of the molecule is NN1CC[C@H](NS(=O)(=O)O)[C@@](NC(=O)OCc2ccccc2)(P=O)C1=O. The smallest absolute Gasteiger partial charge is 0.408 e. The summed E-state index contributed by atoms with van der Waals surface area (Å²) in [6.07, 6.45) is -1.21. The quantitative estimate of drug-likeness (QED) is 0.218. The molecular weight excluding hydrogens is 387 g/mol. The molecule has 26 heavy (non-hydrogen) atoms. The lowest BCUT2D eigenvalue weighted by Gasteiger charge is -2.40. The molecule has 1 fully saturated rings. The number of carbonyl (C=O) groups excluding carboxylic acids is 2. The molecule has 2 amide bonds. The second kappa shape index (κ2) is 8.06. The van der Waals surface area contributed by atoms with Crippen molar-refractivity contribution in [3.05, 3.63) is 35.9 Å². The maximum absolute atomic E-state index is 12.4. The van der Waals surface area contributed by atoms with Crippen LogP contribution >= 0.6 is 8.46 Å². The van der Waals surface area contributed by atoms with Gasteiger partial charge in [0.25, 0.3) is 5.91 Å². The summed E-state index contributed by atoms with van der Waals surface area (Å²) in [5, 5.41) is 0.555. The van der Waals surface area contributed by atoms with Crippen molar-refractivity contribution in [2.24, 2.45) is 5.84 Å². The fraction of sp³-hybridized carbons (Fsp3) is 0.385. The number of ether oxygens (including phenoxy) is 1. The highest BCUT2D eigenvalue weighted by Crippen LogP contribution is 2.32. The van der Waals surface area contributed by atoms with Gasteiger partial charge >= 0.3 is 16.4 Å². The number of nitrogens with one attached hydrogen (secondary N) is 2. The number of nitrogens with two attached hydrogens (primary N) is 1. The van der Waals surface area contributed by atoms with Crippen LogP contribution in [0.4, 0.5) is 4.79 Å². The summed E-state index contributed by atoms with van der Waals surface area (Å²) in [5.74, 6) is 4.50. The first-order chi connectivity index (χ1) is 12.2. The van der Waals surface area contributed by atoms with Gasteiger partial charge in [0.15, 0.2) is 8.46 Å². The van der Waals surface area contributed by atoms with E-state index in [-0.39, 0.29) is 19.6 Å². The van der Waals surface area contributed by atoms with Crippen LogP contribution in [0.15, 0.2) is 30.3 Å². The van der Waals surface area contributed by atoms with Crippen molar-refractivity contribution in [2.75, 3.05) is 6.54 Å². The minimum Gasteiger partial charge on any atom is -0.445 e. The first-order valence-corrected chi connectivity index (χ1v) is 9.58. The predicted molar refractivity (Wildman–Crippen MR) is 89.1 cm³/mol. The van der Waals surface area contributed by atoms with E-state index in [0.29, 0.717) is 10.6 Å². The molecule has 5 N–H and O–H groups in total. The van der Waals surface area contributed by atoms with Gasteiger partial charge in [-0.05, 0) is 12.0 Å². The third kappa shape index (κ3) is 4.74. The molecule has 11 nitrogen and oxygen atoms in total. The molecule has 1 aromatic carbocycles. The summed E-state index contributed by atoms with van der Waals surface area (Å²) >= 11 is 0. The number of carbonyl (C=O) groups is 2. The Balaban J connectivity index is 2.18. The van der Waals surface area contributed by atoms with E-state index in [9.17, 15) is 22.6 Å². The molecule has 142 valence electrons. The van der Waals surface area contributed by atoms with Crippen molar-refractivity contribution in [1.82, 2.24) is 15.0 Å². The van der Waals surface area contributed by atoms with Gasteiger partial charge < -0.3 is 4.74 Å². The molecule has 0 spiro atoms. The summed E-state index contributed by atoms with van der Waals surface area (Å²) < 4.78 is 49.7. The first-order valence-electron chi connectivity index (χ1n) is 7.33. The van der Waals surface area contributed by atoms with Crippen molar-refractivity contribution >= 4 is 30.8 Å². The van der Waals surface area contributed by atoms with E-state index in [1.165, 1.54) is 0 Å². The van der Waals surface area contributed by atoms with Gasteiger partial charge in [0.1, 0.15) is 6.61 Å². The van der Waals surface area contributed by atoms with E-state index in [2.05, 4.69) is 5.32 Å². The fourth-order valence-corrected chi connectivity index (χ4v) is 3.86. The van der Waals surface area contributed by atoms with Gasteiger partial charge in [0, 0.05) is 6.54 Å². The van der Waals surface area contributed by atoms with E-state index in [1.807, 2.05) is 0 Å². The van der Waals surface area contributed by atoms with Gasteiger partial charge in [-0.2, -0.15) is 13.1 Å². The van der Waals surface area contributed by atoms with Crippen LogP contribution in [-0.2, 0) is 31.0 Å². The number of hydrogen-bond donors (Lipinski definition) is 4. The Labute approximate surface area is 150 Å². The summed E-state index contributed by atoms with van der Waals surface area (Å²) in [7, 11) is -5.67. The Bertz CT molecular complexity index is 791. The zero-order valence-corrected chi connectivity index (χ0v) is 15.1. The summed E-state index contributed by atoms with van der Waals surface area (Å²) in [4.78, 5) is 24.5. The average molecular weight is 404 g/mol. The van der Waals surface area contributed by atoms with Crippen LogP contribution in [0.3, 0.4) is 0 Å². The molecule has 0 aromatic heterocycles. The molecule has 0 bridgehead atoms. The topological polar surface area (TPSA) is 168 Å². The second-order valence-electron chi connectivity index (χ2n) is 5.48. The van der Waals surface area contributed by atoms with Gasteiger partial charge in [-0.25, -0.2) is 10.6 Å². The third-order valence-electron chi connectivity index (χ3n) is 3.69. The molecule has 0 unspecified atom stereocenters. The molecule has 0 aliphatic carbocycles. The first kappa shape index (κ1) is 20.2. The van der Waals surface area contributed by atoms with E-state index in [4.69, 9.17) is 15.1 Å².